The van der Waals surface area contributed by atoms with Gasteiger partial charge in [0.2, 0.25) is 5.91 Å². The van der Waals surface area contributed by atoms with Crippen LogP contribution in [0.25, 0.3) is 0 Å². The molecule has 1 unspecified atom stereocenters. The maximum atomic E-state index is 12.1. The van der Waals surface area contributed by atoms with E-state index in [1.807, 2.05) is 16.9 Å². The molecule has 1 atom stereocenters. The van der Waals surface area contributed by atoms with Gasteiger partial charge in [-0.25, -0.2) is 0 Å². The van der Waals surface area contributed by atoms with Crippen LogP contribution in [0.5, 0.6) is 0 Å². The van der Waals surface area contributed by atoms with Gasteiger partial charge in [-0.15, -0.1) is 12.4 Å². The zero-order valence-electron chi connectivity index (χ0n) is 13.1. The van der Waals surface area contributed by atoms with Gasteiger partial charge in [0, 0.05) is 18.9 Å². The first-order valence-electron chi connectivity index (χ1n) is 7.87. The first-order chi connectivity index (χ1) is 10.8. The number of hydrogen-bond donors (Lipinski definition) is 2. The molecule has 0 spiro atoms. The van der Waals surface area contributed by atoms with Crippen molar-refractivity contribution in [3.05, 3.63) is 53.9 Å². The summed E-state index contributed by atoms with van der Waals surface area (Å²) in [5.41, 5.74) is 2.32. The van der Waals surface area contributed by atoms with E-state index < -0.39 is 0 Å². The largest absolute Gasteiger partial charge is 0.351 e. The third-order valence-electron chi connectivity index (χ3n) is 4.02. The van der Waals surface area contributed by atoms with E-state index in [1.54, 1.807) is 6.20 Å². The van der Waals surface area contributed by atoms with Crippen molar-refractivity contribution in [3.63, 3.8) is 0 Å². The summed E-state index contributed by atoms with van der Waals surface area (Å²) in [6.07, 6.45) is 6.97. The predicted molar refractivity (Wildman–Crippen MR) is 92.5 cm³/mol. The van der Waals surface area contributed by atoms with Crippen molar-refractivity contribution in [1.29, 1.82) is 0 Å². The Morgan fingerprint density at radius 2 is 2.04 bits per heavy atom. The molecule has 2 heterocycles. The fraction of sp³-hybridized carbons (Fsp3) is 0.412. The number of benzene rings is 1. The molecule has 5 nitrogen and oxygen atoms in total. The van der Waals surface area contributed by atoms with Gasteiger partial charge in [-0.2, -0.15) is 5.10 Å². The number of hydrogen-bond acceptors (Lipinski definition) is 3. The van der Waals surface area contributed by atoms with Crippen LogP contribution in [0.1, 0.15) is 30.4 Å². The highest BCUT2D eigenvalue weighted by Crippen LogP contribution is 2.08. The molecule has 1 aliphatic heterocycles. The molecule has 2 N–H and O–H groups in total. The van der Waals surface area contributed by atoms with Crippen LogP contribution in [0, 0.1) is 0 Å². The second-order valence-electron chi connectivity index (χ2n) is 5.74. The van der Waals surface area contributed by atoms with Crippen molar-refractivity contribution in [2.45, 2.75) is 38.4 Å². The van der Waals surface area contributed by atoms with Gasteiger partial charge in [-0.3, -0.25) is 9.48 Å². The number of amides is 1. The van der Waals surface area contributed by atoms with Crippen LogP contribution in [0.2, 0.25) is 0 Å². The van der Waals surface area contributed by atoms with Crippen molar-refractivity contribution in [1.82, 2.24) is 20.4 Å². The van der Waals surface area contributed by atoms with E-state index in [0.29, 0.717) is 6.54 Å². The Morgan fingerprint density at radius 1 is 1.26 bits per heavy atom. The molecule has 23 heavy (non-hydrogen) atoms. The van der Waals surface area contributed by atoms with Crippen LogP contribution < -0.4 is 10.6 Å². The molecule has 1 aromatic carbocycles. The minimum Gasteiger partial charge on any atom is -0.351 e. The summed E-state index contributed by atoms with van der Waals surface area (Å²) in [5, 5.41) is 10.5. The summed E-state index contributed by atoms with van der Waals surface area (Å²) in [7, 11) is 0. The van der Waals surface area contributed by atoms with E-state index in [1.165, 1.54) is 12.0 Å². The van der Waals surface area contributed by atoms with E-state index >= 15 is 0 Å². The second kappa shape index (κ2) is 8.70. The SMILES string of the molecule is Cl.O=C(NCc1ccc(Cn2cccn2)cc1)C1CCCCN1. The van der Waals surface area contributed by atoms with Crippen molar-refractivity contribution in [2.75, 3.05) is 6.54 Å². The average molecular weight is 335 g/mol. The molecule has 1 amide bonds. The Balaban J connectivity index is 0.00000192. The van der Waals surface area contributed by atoms with Crippen molar-refractivity contribution in [3.8, 4) is 0 Å². The number of rotatable bonds is 5. The Hall–Kier alpha value is -1.85. The Labute approximate surface area is 142 Å². The van der Waals surface area contributed by atoms with Crippen molar-refractivity contribution in [2.24, 2.45) is 0 Å². The first kappa shape index (κ1) is 17.5. The number of carbonyl (C=O) groups excluding carboxylic acids is 1. The third kappa shape index (κ3) is 5.08. The summed E-state index contributed by atoms with van der Waals surface area (Å²) in [6.45, 7) is 2.30. The molecule has 1 fully saturated rings. The molecule has 124 valence electrons. The summed E-state index contributed by atoms with van der Waals surface area (Å²) in [6, 6.07) is 10.2. The maximum absolute atomic E-state index is 12.1. The second-order valence-corrected chi connectivity index (χ2v) is 5.74. The number of piperidine rings is 1. The molecular formula is C17H23ClN4O. The standard InChI is InChI=1S/C17H22N4O.ClH/c22-17(16-4-1-2-9-18-16)19-12-14-5-7-15(8-6-14)13-21-11-3-10-20-21;/h3,5-8,10-11,16,18H,1-2,4,9,12-13H2,(H,19,22);1H. The molecule has 0 aliphatic carbocycles. The van der Waals surface area contributed by atoms with E-state index in [0.717, 1.165) is 31.5 Å². The lowest BCUT2D eigenvalue weighted by Crippen LogP contribution is -2.46. The van der Waals surface area contributed by atoms with Gasteiger partial charge >= 0.3 is 0 Å². The lowest BCUT2D eigenvalue weighted by Gasteiger charge is -2.22. The number of halogens is 1. The van der Waals surface area contributed by atoms with Gasteiger partial charge in [-0.05, 0) is 36.6 Å². The quantitative estimate of drug-likeness (QED) is 0.880. The number of carbonyl (C=O) groups is 1. The summed E-state index contributed by atoms with van der Waals surface area (Å²) in [5.74, 6) is 0.111. The summed E-state index contributed by atoms with van der Waals surface area (Å²) in [4.78, 5) is 12.1. The van der Waals surface area contributed by atoms with E-state index in [9.17, 15) is 4.79 Å². The number of nitrogens with zero attached hydrogens (tertiary/aromatic N) is 2. The van der Waals surface area contributed by atoms with Crippen molar-refractivity contribution >= 4 is 18.3 Å². The smallest absolute Gasteiger partial charge is 0.237 e. The van der Waals surface area contributed by atoms with Gasteiger partial charge in [0.25, 0.3) is 0 Å². The van der Waals surface area contributed by atoms with Crippen LogP contribution in [-0.2, 0) is 17.9 Å². The minimum atomic E-state index is -0.0205. The average Bonchev–Trinajstić information content (AvgIpc) is 3.08. The molecule has 1 saturated heterocycles. The molecule has 3 rings (SSSR count). The topological polar surface area (TPSA) is 59.0 Å². The molecule has 0 bridgehead atoms. The zero-order chi connectivity index (χ0) is 15.2. The zero-order valence-corrected chi connectivity index (χ0v) is 13.9. The van der Waals surface area contributed by atoms with Gasteiger partial charge in [-0.1, -0.05) is 30.7 Å². The maximum Gasteiger partial charge on any atom is 0.237 e. The van der Waals surface area contributed by atoms with Crippen LogP contribution >= 0.6 is 12.4 Å². The predicted octanol–water partition coefficient (Wildman–Crippen LogP) is 2.11. The molecule has 0 radical (unpaired) electrons. The highest BCUT2D eigenvalue weighted by molar-refractivity contribution is 5.85. The minimum absolute atomic E-state index is 0. The lowest BCUT2D eigenvalue weighted by atomic mass is 10.0. The number of aromatic nitrogens is 2. The first-order valence-corrected chi connectivity index (χ1v) is 7.87. The lowest BCUT2D eigenvalue weighted by molar-refractivity contribution is -0.123. The number of nitrogens with one attached hydrogen (secondary N) is 2. The van der Waals surface area contributed by atoms with Crippen LogP contribution in [0.4, 0.5) is 0 Å². The van der Waals surface area contributed by atoms with Gasteiger partial charge in [0.05, 0.1) is 12.6 Å². The van der Waals surface area contributed by atoms with E-state index in [4.69, 9.17) is 0 Å². The van der Waals surface area contributed by atoms with Crippen molar-refractivity contribution < 1.29 is 4.79 Å². The van der Waals surface area contributed by atoms with E-state index in [-0.39, 0.29) is 24.4 Å². The molecule has 6 heteroatoms. The van der Waals surface area contributed by atoms with Crippen LogP contribution in [0.3, 0.4) is 0 Å². The Kier molecular flexibility index (Phi) is 6.62. The van der Waals surface area contributed by atoms with Crippen LogP contribution in [-0.4, -0.2) is 28.3 Å². The highest BCUT2D eigenvalue weighted by Gasteiger charge is 2.19. The van der Waals surface area contributed by atoms with Gasteiger partial charge < -0.3 is 10.6 Å². The molecule has 2 aromatic rings. The highest BCUT2D eigenvalue weighted by atomic mass is 35.5. The normalized spacial score (nSPS) is 17.3. The van der Waals surface area contributed by atoms with Gasteiger partial charge in [0.1, 0.15) is 0 Å². The third-order valence-corrected chi connectivity index (χ3v) is 4.02. The summed E-state index contributed by atoms with van der Waals surface area (Å²) >= 11 is 0. The molecule has 1 aromatic heterocycles. The molecular weight excluding hydrogens is 312 g/mol. The van der Waals surface area contributed by atoms with E-state index in [2.05, 4.69) is 40.0 Å². The molecule has 0 saturated carbocycles. The fourth-order valence-electron chi connectivity index (χ4n) is 2.73. The Bertz CT molecular complexity index is 592. The van der Waals surface area contributed by atoms with Gasteiger partial charge in [0.15, 0.2) is 0 Å². The monoisotopic (exact) mass is 334 g/mol. The fourth-order valence-corrected chi connectivity index (χ4v) is 2.73. The Morgan fingerprint density at radius 3 is 2.70 bits per heavy atom. The van der Waals surface area contributed by atoms with Crippen LogP contribution in [0.15, 0.2) is 42.7 Å². The summed E-state index contributed by atoms with van der Waals surface area (Å²) < 4.78 is 1.89. The molecule has 1 aliphatic rings.